The number of benzene rings is 2. The molecule has 11 nitrogen and oxygen atoms in total. The second kappa shape index (κ2) is 15.3. The van der Waals surface area contributed by atoms with Crippen molar-refractivity contribution in [3.8, 4) is 5.75 Å². The number of fused-ring (bicyclic) bond motifs is 1. The molecule has 3 saturated heterocycles. The second-order valence-corrected chi connectivity index (χ2v) is 13.9. The number of halogens is 1. The highest BCUT2D eigenvalue weighted by Gasteiger charge is 2.77. The molecule has 5 rings (SSSR count). The Bertz CT molecular complexity index is 1550. The van der Waals surface area contributed by atoms with Crippen molar-refractivity contribution in [3.63, 3.8) is 0 Å². The number of carbonyl (C=O) groups excluding carboxylic acids is 4. The molecule has 2 aromatic rings. The van der Waals surface area contributed by atoms with Crippen LogP contribution in [0.2, 0.25) is 0 Å². The molecule has 49 heavy (non-hydrogen) atoms. The van der Waals surface area contributed by atoms with Gasteiger partial charge in [0.25, 0.3) is 5.91 Å². The first-order valence-electron chi connectivity index (χ1n) is 16.5. The third kappa shape index (κ3) is 6.65. The Morgan fingerprint density at radius 1 is 1.14 bits per heavy atom. The van der Waals surface area contributed by atoms with E-state index in [2.05, 4.69) is 29.1 Å². The molecule has 1 N–H and O–H groups in total. The summed E-state index contributed by atoms with van der Waals surface area (Å²) in [5.74, 6) is -3.11. The predicted octanol–water partition coefficient (Wildman–Crippen LogP) is 4.05. The van der Waals surface area contributed by atoms with Gasteiger partial charge < -0.3 is 34.0 Å². The number of methoxy groups -OCH3 is 1. The molecule has 3 fully saturated rings. The fraction of sp³-hybridized carbons (Fsp3) is 0.459. The number of rotatable bonds is 15. The van der Waals surface area contributed by atoms with Crippen LogP contribution >= 0.6 is 15.9 Å². The topological polar surface area (TPSA) is 126 Å². The Labute approximate surface area is 295 Å². The number of hydrogen-bond acceptors (Lipinski definition) is 8. The number of β-amino-alcohol motifs (C(OH)–C–C–N with tert-alkyl or cyclic N) is 1. The van der Waals surface area contributed by atoms with Gasteiger partial charge in [-0.05, 0) is 49.6 Å². The summed E-state index contributed by atoms with van der Waals surface area (Å²) in [6.45, 7) is 8.98. The lowest BCUT2D eigenvalue weighted by Crippen LogP contribution is -2.57. The van der Waals surface area contributed by atoms with Crippen LogP contribution in [0.15, 0.2) is 79.9 Å². The van der Waals surface area contributed by atoms with Crippen molar-refractivity contribution in [1.82, 2.24) is 9.80 Å². The maximum Gasteiger partial charge on any atom is 0.313 e. The van der Waals surface area contributed by atoms with Crippen molar-refractivity contribution in [2.75, 3.05) is 38.8 Å². The molecule has 262 valence electrons. The van der Waals surface area contributed by atoms with E-state index in [-0.39, 0.29) is 30.2 Å². The normalized spacial score (nSPS) is 26.4. The number of allylic oxidation sites excluding steroid dienone is 1. The van der Waals surface area contributed by atoms with E-state index in [0.29, 0.717) is 29.8 Å². The molecule has 2 aromatic carbocycles. The van der Waals surface area contributed by atoms with Crippen LogP contribution in [0.25, 0.3) is 0 Å². The number of nitrogens with zero attached hydrogens (tertiary/aromatic N) is 3. The van der Waals surface area contributed by atoms with Gasteiger partial charge in [-0.15, -0.1) is 13.2 Å². The van der Waals surface area contributed by atoms with Gasteiger partial charge in [-0.3, -0.25) is 19.2 Å². The Hall–Kier alpha value is -4.00. The van der Waals surface area contributed by atoms with Gasteiger partial charge >= 0.3 is 5.97 Å². The summed E-state index contributed by atoms with van der Waals surface area (Å²) in [4.78, 5) is 60.4. The fourth-order valence-corrected chi connectivity index (χ4v) is 8.45. The summed E-state index contributed by atoms with van der Waals surface area (Å²) in [7, 11) is 3.22. The quantitative estimate of drug-likeness (QED) is 0.165. The van der Waals surface area contributed by atoms with Crippen LogP contribution in [-0.4, -0.2) is 101 Å². The lowest BCUT2D eigenvalue weighted by atomic mass is 9.70. The highest BCUT2D eigenvalue weighted by molar-refractivity contribution is 9.09. The summed E-state index contributed by atoms with van der Waals surface area (Å²) in [5.41, 5.74) is -0.108. The lowest BCUT2D eigenvalue weighted by Gasteiger charge is -2.37. The third-order valence-corrected chi connectivity index (χ3v) is 10.8. The lowest BCUT2D eigenvalue weighted by molar-refractivity contribution is -0.164. The molecule has 8 atom stereocenters. The van der Waals surface area contributed by atoms with Crippen LogP contribution in [0.3, 0.4) is 0 Å². The van der Waals surface area contributed by atoms with E-state index in [1.54, 1.807) is 55.5 Å². The zero-order valence-electron chi connectivity index (χ0n) is 28.1. The summed E-state index contributed by atoms with van der Waals surface area (Å²) < 4.78 is 18.2. The highest BCUT2D eigenvalue weighted by Crippen LogP contribution is 2.60. The standard InChI is InChI=1S/C37H44BrN3O8/c1-6-8-14-28(43)39(4)23(3)31(24-12-10-9-11-13-24)48-36(46)29-30-34(44)41(20-21-42)33(37(30)22-27(38)32(29)49-37)35(45)40(19-7-2)25-15-17-26(47-5)18-16-25/h6-7,9-13,15-18,23,27,29-33,42H,1-2,8,14,19-22H2,3-5H3/t23-,27?,29+,30-,31+,32+,33+,37-/m1/s1. The number of likely N-dealkylation sites (N-methyl/N-ethyl adjacent to an activating group) is 1. The van der Waals surface area contributed by atoms with Gasteiger partial charge in [0.15, 0.2) is 0 Å². The van der Waals surface area contributed by atoms with E-state index in [4.69, 9.17) is 14.2 Å². The number of likely N-dealkylation sites (tertiary alicyclic amines) is 1. The number of ether oxygens (including phenoxy) is 3. The van der Waals surface area contributed by atoms with Crippen LogP contribution < -0.4 is 9.64 Å². The number of aliphatic hydroxyl groups is 1. The van der Waals surface area contributed by atoms with Gasteiger partial charge in [-0.1, -0.05) is 58.4 Å². The maximum absolute atomic E-state index is 14.6. The van der Waals surface area contributed by atoms with Crippen LogP contribution in [0.5, 0.6) is 5.75 Å². The number of esters is 1. The highest BCUT2D eigenvalue weighted by atomic mass is 79.9. The van der Waals surface area contributed by atoms with Crippen molar-refractivity contribution in [2.24, 2.45) is 11.8 Å². The molecule has 3 aliphatic heterocycles. The Morgan fingerprint density at radius 2 is 1.84 bits per heavy atom. The summed E-state index contributed by atoms with van der Waals surface area (Å²) >= 11 is 3.70. The molecule has 1 spiro atoms. The van der Waals surface area contributed by atoms with E-state index < -0.39 is 66.1 Å². The average Bonchev–Trinajstić information content (AvgIpc) is 3.71. The molecule has 0 aromatic heterocycles. The molecule has 3 aliphatic rings. The molecule has 2 bridgehead atoms. The number of carbonyl (C=O) groups is 4. The monoisotopic (exact) mass is 737 g/mol. The van der Waals surface area contributed by atoms with E-state index in [9.17, 15) is 24.3 Å². The molecule has 0 saturated carbocycles. The molecule has 0 radical (unpaired) electrons. The number of amides is 3. The van der Waals surface area contributed by atoms with Gasteiger partial charge in [0.1, 0.15) is 23.5 Å². The summed E-state index contributed by atoms with van der Waals surface area (Å²) in [6.07, 6.45) is 2.73. The predicted molar refractivity (Wildman–Crippen MR) is 187 cm³/mol. The number of anilines is 1. The van der Waals surface area contributed by atoms with E-state index in [1.807, 2.05) is 37.3 Å². The number of aliphatic hydroxyl groups excluding tert-OH is 1. The van der Waals surface area contributed by atoms with Crippen LogP contribution in [-0.2, 0) is 28.7 Å². The van der Waals surface area contributed by atoms with Gasteiger partial charge in [0.05, 0.1) is 37.7 Å². The van der Waals surface area contributed by atoms with Crippen LogP contribution in [0, 0.1) is 11.8 Å². The van der Waals surface area contributed by atoms with Crippen molar-refractivity contribution in [3.05, 3.63) is 85.5 Å². The van der Waals surface area contributed by atoms with E-state index in [0.717, 1.165) is 0 Å². The Balaban J connectivity index is 1.49. The average molecular weight is 739 g/mol. The van der Waals surface area contributed by atoms with Crippen molar-refractivity contribution < 1.29 is 38.5 Å². The van der Waals surface area contributed by atoms with Crippen molar-refractivity contribution in [1.29, 1.82) is 0 Å². The zero-order valence-corrected chi connectivity index (χ0v) is 29.7. The molecule has 0 aliphatic carbocycles. The van der Waals surface area contributed by atoms with Gasteiger partial charge in [0, 0.05) is 37.1 Å². The first-order chi connectivity index (χ1) is 23.5. The van der Waals surface area contributed by atoms with Gasteiger partial charge in [0.2, 0.25) is 11.8 Å². The molecule has 3 amide bonds. The van der Waals surface area contributed by atoms with Gasteiger partial charge in [-0.25, -0.2) is 0 Å². The molecular weight excluding hydrogens is 694 g/mol. The largest absolute Gasteiger partial charge is 0.497 e. The van der Waals surface area contributed by atoms with Gasteiger partial charge in [-0.2, -0.15) is 0 Å². The molecule has 12 heteroatoms. The minimum absolute atomic E-state index is 0.123. The van der Waals surface area contributed by atoms with E-state index in [1.165, 1.54) is 9.80 Å². The van der Waals surface area contributed by atoms with Crippen molar-refractivity contribution in [2.45, 2.75) is 60.9 Å². The Kier molecular flexibility index (Phi) is 11.3. The first kappa shape index (κ1) is 36.3. The number of alkyl halides is 1. The van der Waals surface area contributed by atoms with Crippen LogP contribution in [0.1, 0.15) is 37.9 Å². The smallest absolute Gasteiger partial charge is 0.313 e. The van der Waals surface area contributed by atoms with E-state index >= 15 is 0 Å². The third-order valence-electron chi connectivity index (χ3n) is 9.97. The number of hydrogen-bond donors (Lipinski definition) is 1. The maximum atomic E-state index is 14.6. The SMILES string of the molecule is C=CCCC(=O)N(C)[C@H](C)[C@H](OC(=O)[C@@H]1[C@H]2O[C@@]3(CC2Br)[C@H](C(=O)N(CC=C)c2ccc(OC)cc2)N(CCO)C(=O)[C@@H]13)c1ccccc1. The second-order valence-electron chi connectivity index (χ2n) is 12.7. The van der Waals surface area contributed by atoms with Crippen molar-refractivity contribution >= 4 is 45.3 Å². The van der Waals surface area contributed by atoms with Crippen LogP contribution in [0.4, 0.5) is 5.69 Å². The molecular formula is C37H44BrN3O8. The zero-order chi connectivity index (χ0) is 35.5. The minimum atomic E-state index is -1.36. The first-order valence-corrected chi connectivity index (χ1v) is 17.4. The Morgan fingerprint density at radius 3 is 2.45 bits per heavy atom. The minimum Gasteiger partial charge on any atom is -0.497 e. The summed E-state index contributed by atoms with van der Waals surface area (Å²) in [6, 6.07) is 14.4. The fourth-order valence-electron chi connectivity index (χ4n) is 7.51. The summed E-state index contributed by atoms with van der Waals surface area (Å²) in [5, 5.41) is 10.0. The molecule has 1 unspecified atom stereocenters. The molecule has 3 heterocycles.